The van der Waals surface area contributed by atoms with Crippen molar-refractivity contribution in [2.24, 2.45) is 10.9 Å². The molecule has 0 aromatic carbocycles. The number of aryl methyl sites for hydroxylation is 1. The predicted octanol–water partition coefficient (Wildman–Crippen LogP) is 2.38. The number of amides is 1. The van der Waals surface area contributed by atoms with Crippen LogP contribution in [0.1, 0.15) is 48.7 Å². The van der Waals surface area contributed by atoms with E-state index in [-0.39, 0.29) is 29.9 Å². The molecule has 0 aliphatic carbocycles. The largest absolute Gasteiger partial charge is 0.459 e. The van der Waals surface area contributed by atoms with Gasteiger partial charge in [0.25, 0.3) is 5.91 Å². The molecule has 2 aliphatic heterocycles. The summed E-state index contributed by atoms with van der Waals surface area (Å²) in [7, 11) is 0. The molecule has 8 nitrogen and oxygen atoms in total. The SMILES string of the molecule is CCNC(=NCCCNC(=O)c1occc1C)NC1CCN(CC2CCOC2)CC1.I. The van der Waals surface area contributed by atoms with Crippen LogP contribution in [0.15, 0.2) is 21.7 Å². The summed E-state index contributed by atoms with van der Waals surface area (Å²) < 4.78 is 10.7. The number of rotatable bonds is 9. The molecule has 1 unspecified atom stereocenters. The third-order valence-corrected chi connectivity index (χ3v) is 5.77. The number of carbonyl (C=O) groups excluding carboxylic acids is 1. The Balaban J connectivity index is 0.00000341. The van der Waals surface area contributed by atoms with Crippen molar-refractivity contribution in [2.45, 2.75) is 45.6 Å². The molecule has 2 aliphatic rings. The van der Waals surface area contributed by atoms with Gasteiger partial charge >= 0.3 is 0 Å². The highest BCUT2D eigenvalue weighted by atomic mass is 127. The fourth-order valence-electron chi connectivity index (χ4n) is 4.02. The van der Waals surface area contributed by atoms with E-state index in [0.29, 0.717) is 30.8 Å². The van der Waals surface area contributed by atoms with Gasteiger partial charge < -0.3 is 30.0 Å². The summed E-state index contributed by atoms with van der Waals surface area (Å²) in [5, 5.41) is 9.81. The number of hydrogen-bond donors (Lipinski definition) is 3. The Kier molecular flexibility index (Phi) is 11.7. The summed E-state index contributed by atoms with van der Waals surface area (Å²) in [5.41, 5.74) is 0.853. The standard InChI is InChI=1S/C22H37N5O3.HI/c1-3-23-22(25-10-4-9-24-21(28)20-17(2)7-14-30-20)26-19-5-11-27(12-6-19)15-18-8-13-29-16-18;/h7,14,18-19H,3-6,8-13,15-16H2,1-2H3,(H,24,28)(H2,23,25,26);1H. The number of nitrogens with one attached hydrogen (secondary N) is 3. The molecule has 3 N–H and O–H groups in total. The van der Waals surface area contributed by atoms with Gasteiger partial charge in [0.05, 0.1) is 12.9 Å². The zero-order chi connectivity index (χ0) is 21.2. The lowest BCUT2D eigenvalue weighted by Gasteiger charge is -2.34. The van der Waals surface area contributed by atoms with Gasteiger partial charge in [-0.15, -0.1) is 24.0 Å². The van der Waals surface area contributed by atoms with Crippen LogP contribution in [-0.2, 0) is 4.74 Å². The summed E-state index contributed by atoms with van der Waals surface area (Å²) in [6.07, 6.45) is 5.80. The van der Waals surface area contributed by atoms with Crippen molar-refractivity contribution in [2.75, 3.05) is 52.5 Å². The first-order chi connectivity index (χ1) is 14.7. The zero-order valence-electron chi connectivity index (χ0n) is 18.8. The van der Waals surface area contributed by atoms with Crippen molar-refractivity contribution in [3.05, 3.63) is 23.7 Å². The quantitative estimate of drug-likeness (QED) is 0.191. The van der Waals surface area contributed by atoms with Crippen molar-refractivity contribution in [1.29, 1.82) is 0 Å². The first kappa shape index (κ1) is 25.9. The first-order valence-corrected chi connectivity index (χ1v) is 11.3. The molecular formula is C22H38IN5O3. The van der Waals surface area contributed by atoms with E-state index in [4.69, 9.17) is 9.15 Å². The van der Waals surface area contributed by atoms with Crippen LogP contribution in [0, 0.1) is 12.8 Å². The van der Waals surface area contributed by atoms with Crippen molar-refractivity contribution in [3.8, 4) is 0 Å². The Hall–Kier alpha value is -1.33. The second-order valence-electron chi connectivity index (χ2n) is 8.25. The minimum absolute atomic E-state index is 0. The maximum Gasteiger partial charge on any atom is 0.287 e. The summed E-state index contributed by atoms with van der Waals surface area (Å²) in [4.78, 5) is 19.3. The molecule has 0 radical (unpaired) electrons. The molecule has 0 spiro atoms. The molecule has 9 heteroatoms. The van der Waals surface area contributed by atoms with Crippen LogP contribution in [0.2, 0.25) is 0 Å². The van der Waals surface area contributed by atoms with Crippen molar-refractivity contribution >= 4 is 35.8 Å². The van der Waals surface area contributed by atoms with Crippen LogP contribution in [0.25, 0.3) is 0 Å². The fourth-order valence-corrected chi connectivity index (χ4v) is 4.02. The van der Waals surface area contributed by atoms with Crippen LogP contribution in [0.5, 0.6) is 0 Å². The zero-order valence-corrected chi connectivity index (χ0v) is 21.2. The third kappa shape index (κ3) is 8.61. The Bertz CT molecular complexity index is 682. The van der Waals surface area contributed by atoms with Gasteiger partial charge in [-0.25, -0.2) is 0 Å². The van der Waals surface area contributed by atoms with E-state index >= 15 is 0 Å². The van der Waals surface area contributed by atoms with Gasteiger partial charge in [-0.05, 0) is 51.5 Å². The molecule has 1 atom stereocenters. The number of likely N-dealkylation sites (tertiary alicyclic amines) is 1. The van der Waals surface area contributed by atoms with E-state index in [9.17, 15) is 4.79 Å². The normalized spacial score (nSPS) is 20.3. The van der Waals surface area contributed by atoms with E-state index in [0.717, 1.165) is 63.6 Å². The topological polar surface area (TPSA) is 91.1 Å². The molecule has 31 heavy (non-hydrogen) atoms. The average Bonchev–Trinajstić information content (AvgIpc) is 3.41. The maximum atomic E-state index is 12.0. The first-order valence-electron chi connectivity index (χ1n) is 11.3. The summed E-state index contributed by atoms with van der Waals surface area (Å²) >= 11 is 0. The molecule has 3 heterocycles. The molecule has 1 amide bonds. The van der Waals surface area contributed by atoms with Crippen molar-refractivity contribution in [1.82, 2.24) is 20.9 Å². The van der Waals surface area contributed by atoms with Gasteiger partial charge in [0, 0.05) is 57.5 Å². The number of piperidine rings is 1. The predicted molar refractivity (Wildman–Crippen MR) is 133 cm³/mol. The smallest absolute Gasteiger partial charge is 0.287 e. The number of aliphatic imine (C=N–C) groups is 1. The number of furan rings is 1. The highest BCUT2D eigenvalue weighted by Crippen LogP contribution is 2.17. The van der Waals surface area contributed by atoms with Gasteiger partial charge in [-0.3, -0.25) is 9.79 Å². The minimum Gasteiger partial charge on any atom is -0.459 e. The molecule has 0 saturated carbocycles. The average molecular weight is 547 g/mol. The number of carbonyl (C=O) groups is 1. The minimum atomic E-state index is -0.164. The van der Waals surface area contributed by atoms with E-state index in [1.807, 2.05) is 6.92 Å². The highest BCUT2D eigenvalue weighted by Gasteiger charge is 2.24. The van der Waals surface area contributed by atoms with Crippen LogP contribution >= 0.6 is 24.0 Å². The van der Waals surface area contributed by atoms with E-state index in [2.05, 4.69) is 32.8 Å². The number of halogens is 1. The summed E-state index contributed by atoms with van der Waals surface area (Å²) in [6, 6.07) is 2.25. The number of nitrogens with zero attached hydrogens (tertiary/aromatic N) is 2. The van der Waals surface area contributed by atoms with Crippen molar-refractivity contribution in [3.63, 3.8) is 0 Å². The Morgan fingerprint density at radius 1 is 1.26 bits per heavy atom. The molecule has 3 rings (SSSR count). The molecule has 176 valence electrons. The van der Waals surface area contributed by atoms with Gasteiger partial charge in [-0.2, -0.15) is 0 Å². The molecule has 2 fully saturated rings. The molecule has 1 aromatic rings. The molecular weight excluding hydrogens is 509 g/mol. The van der Waals surface area contributed by atoms with E-state index in [1.54, 1.807) is 6.07 Å². The number of hydrogen-bond acceptors (Lipinski definition) is 5. The maximum absolute atomic E-state index is 12.0. The fraction of sp³-hybridized carbons (Fsp3) is 0.727. The Morgan fingerprint density at radius 3 is 2.71 bits per heavy atom. The highest BCUT2D eigenvalue weighted by molar-refractivity contribution is 14.0. The van der Waals surface area contributed by atoms with Gasteiger partial charge in [-0.1, -0.05) is 0 Å². The lowest BCUT2D eigenvalue weighted by molar-refractivity contribution is 0.0925. The second kappa shape index (κ2) is 13.9. The lowest BCUT2D eigenvalue weighted by atomic mass is 10.0. The summed E-state index contributed by atoms with van der Waals surface area (Å²) in [5.74, 6) is 1.81. The van der Waals surface area contributed by atoms with Gasteiger partial charge in [0.2, 0.25) is 0 Å². The monoisotopic (exact) mass is 547 g/mol. The third-order valence-electron chi connectivity index (χ3n) is 5.77. The number of guanidine groups is 1. The van der Waals surface area contributed by atoms with Crippen LogP contribution in [0.4, 0.5) is 0 Å². The van der Waals surface area contributed by atoms with Crippen molar-refractivity contribution < 1.29 is 13.9 Å². The van der Waals surface area contributed by atoms with Gasteiger partial charge in [0.1, 0.15) is 0 Å². The second-order valence-corrected chi connectivity index (χ2v) is 8.25. The summed E-state index contributed by atoms with van der Waals surface area (Å²) in [6.45, 7) is 11.3. The van der Waals surface area contributed by atoms with E-state index < -0.39 is 0 Å². The lowest BCUT2D eigenvalue weighted by Crippen LogP contribution is -2.49. The van der Waals surface area contributed by atoms with Crippen LogP contribution in [0.3, 0.4) is 0 Å². The van der Waals surface area contributed by atoms with Crippen LogP contribution < -0.4 is 16.0 Å². The Morgan fingerprint density at radius 2 is 2.06 bits per heavy atom. The Labute approximate surface area is 203 Å². The van der Waals surface area contributed by atoms with E-state index in [1.165, 1.54) is 19.2 Å². The van der Waals surface area contributed by atoms with Crippen LogP contribution in [-0.4, -0.2) is 75.3 Å². The number of ether oxygens (including phenoxy) is 1. The molecule has 2 saturated heterocycles. The molecule has 1 aromatic heterocycles. The molecule has 0 bridgehead atoms. The van der Waals surface area contributed by atoms with Gasteiger partial charge in [0.15, 0.2) is 11.7 Å².